The van der Waals surface area contributed by atoms with Gasteiger partial charge in [0.2, 0.25) is 5.91 Å². The quantitative estimate of drug-likeness (QED) is 0.407. The van der Waals surface area contributed by atoms with E-state index in [1.807, 2.05) is 29.3 Å². The van der Waals surface area contributed by atoms with Crippen LogP contribution in [0.4, 0.5) is 5.69 Å². The predicted octanol–water partition coefficient (Wildman–Crippen LogP) is 4.83. The van der Waals surface area contributed by atoms with Crippen molar-refractivity contribution in [1.82, 2.24) is 14.3 Å². The average Bonchev–Trinajstić information content (AvgIpc) is 3.30. The molecule has 0 N–H and O–H groups in total. The van der Waals surface area contributed by atoms with Gasteiger partial charge in [-0.3, -0.25) is 4.79 Å². The highest BCUT2D eigenvalue weighted by atomic mass is 16.5. The first kappa shape index (κ1) is 23.0. The van der Waals surface area contributed by atoms with Crippen LogP contribution in [0, 0.1) is 13.8 Å². The van der Waals surface area contributed by atoms with Crippen molar-refractivity contribution in [3.63, 3.8) is 0 Å². The van der Waals surface area contributed by atoms with Crippen LogP contribution in [-0.4, -0.2) is 53.5 Å². The van der Waals surface area contributed by atoms with Crippen molar-refractivity contribution in [2.45, 2.75) is 26.2 Å². The number of ether oxygens (including phenoxy) is 1. The van der Waals surface area contributed by atoms with E-state index >= 15 is 0 Å². The predicted molar refractivity (Wildman–Crippen MR) is 139 cm³/mol. The van der Waals surface area contributed by atoms with Gasteiger partial charge in [-0.05, 0) is 66.9 Å². The lowest BCUT2D eigenvalue weighted by molar-refractivity contribution is -0.131. The molecule has 4 aromatic rings. The van der Waals surface area contributed by atoms with E-state index in [2.05, 4.69) is 76.8 Å². The van der Waals surface area contributed by atoms with Gasteiger partial charge in [-0.15, -0.1) is 0 Å². The molecule has 180 valence electrons. The summed E-state index contributed by atoms with van der Waals surface area (Å²) >= 11 is 0. The molecule has 0 aliphatic carbocycles. The molecule has 35 heavy (non-hydrogen) atoms. The van der Waals surface area contributed by atoms with Gasteiger partial charge < -0.3 is 18.9 Å². The van der Waals surface area contributed by atoms with E-state index in [0.717, 1.165) is 49.0 Å². The average molecular weight is 469 g/mol. The van der Waals surface area contributed by atoms with E-state index in [-0.39, 0.29) is 11.8 Å². The number of benzene rings is 2. The number of aryl methyl sites for hydroxylation is 2. The van der Waals surface area contributed by atoms with Crippen LogP contribution in [-0.2, 0) is 4.79 Å². The van der Waals surface area contributed by atoms with Gasteiger partial charge in [-0.1, -0.05) is 24.3 Å². The van der Waals surface area contributed by atoms with Crippen LogP contribution < -0.4 is 9.64 Å². The lowest BCUT2D eigenvalue weighted by Crippen LogP contribution is -2.49. The topological polar surface area (TPSA) is 50.1 Å². The third kappa shape index (κ3) is 4.74. The van der Waals surface area contributed by atoms with Crippen molar-refractivity contribution < 1.29 is 9.53 Å². The summed E-state index contributed by atoms with van der Waals surface area (Å²) in [5.74, 6) is 0.989. The maximum Gasteiger partial charge on any atom is 0.223 e. The van der Waals surface area contributed by atoms with Gasteiger partial charge in [-0.2, -0.15) is 0 Å². The first-order valence-electron chi connectivity index (χ1n) is 12.2. The number of hydrogen-bond donors (Lipinski definition) is 0. The number of hydrogen-bond acceptors (Lipinski definition) is 4. The molecular weight excluding hydrogens is 436 g/mol. The van der Waals surface area contributed by atoms with E-state index in [1.165, 1.54) is 16.7 Å². The number of rotatable bonds is 6. The summed E-state index contributed by atoms with van der Waals surface area (Å²) in [6.45, 7) is 7.27. The van der Waals surface area contributed by atoms with Gasteiger partial charge >= 0.3 is 0 Å². The number of aromatic nitrogens is 2. The minimum atomic E-state index is -0.0546. The van der Waals surface area contributed by atoms with Crippen molar-refractivity contribution >= 4 is 17.2 Å². The summed E-state index contributed by atoms with van der Waals surface area (Å²) in [4.78, 5) is 22.6. The Labute approximate surface area is 206 Å². The summed E-state index contributed by atoms with van der Waals surface area (Å²) in [5, 5.41) is 0. The van der Waals surface area contributed by atoms with Crippen LogP contribution in [0.3, 0.4) is 0 Å². The molecule has 1 atom stereocenters. The lowest BCUT2D eigenvalue weighted by Gasteiger charge is -2.36. The number of amides is 1. The zero-order valence-electron chi connectivity index (χ0n) is 20.6. The molecule has 1 fully saturated rings. The molecule has 0 bridgehead atoms. The summed E-state index contributed by atoms with van der Waals surface area (Å²) in [5.41, 5.74) is 6.68. The van der Waals surface area contributed by atoms with Gasteiger partial charge in [-0.25, -0.2) is 4.98 Å². The third-order valence-electron chi connectivity index (χ3n) is 7.07. The maximum absolute atomic E-state index is 13.6. The number of piperazine rings is 1. The lowest BCUT2D eigenvalue weighted by atomic mass is 9.89. The molecule has 2 aromatic heterocycles. The fraction of sp³-hybridized carbons (Fsp3) is 0.310. The largest absolute Gasteiger partial charge is 0.497 e. The van der Waals surface area contributed by atoms with E-state index in [0.29, 0.717) is 6.42 Å². The molecule has 1 amide bonds. The van der Waals surface area contributed by atoms with E-state index < -0.39 is 0 Å². The van der Waals surface area contributed by atoms with Crippen molar-refractivity contribution in [3.05, 3.63) is 95.4 Å². The fourth-order valence-corrected chi connectivity index (χ4v) is 5.02. The minimum Gasteiger partial charge on any atom is -0.497 e. The molecule has 0 radical (unpaired) electrons. The first-order chi connectivity index (χ1) is 17.0. The molecule has 0 saturated carbocycles. The molecule has 3 heterocycles. The van der Waals surface area contributed by atoms with Gasteiger partial charge in [0, 0.05) is 56.6 Å². The molecular formula is C29H32N4O2. The number of carbonyl (C=O) groups is 1. The first-order valence-corrected chi connectivity index (χ1v) is 12.2. The highest BCUT2D eigenvalue weighted by Crippen LogP contribution is 2.32. The Bertz CT molecular complexity index is 1320. The van der Waals surface area contributed by atoms with Crippen molar-refractivity contribution in [2.75, 3.05) is 38.2 Å². The molecule has 1 saturated heterocycles. The normalized spacial score (nSPS) is 14.8. The van der Waals surface area contributed by atoms with Crippen molar-refractivity contribution in [3.8, 4) is 5.75 Å². The molecule has 6 nitrogen and oxygen atoms in total. The number of fused-ring (bicyclic) bond motifs is 1. The van der Waals surface area contributed by atoms with Gasteiger partial charge in [0.1, 0.15) is 11.4 Å². The smallest absolute Gasteiger partial charge is 0.223 e. The monoisotopic (exact) mass is 468 g/mol. The van der Waals surface area contributed by atoms with Gasteiger partial charge in [0.15, 0.2) is 0 Å². The highest BCUT2D eigenvalue weighted by Gasteiger charge is 2.28. The Kier molecular flexibility index (Phi) is 6.45. The Morgan fingerprint density at radius 2 is 1.74 bits per heavy atom. The molecule has 2 aromatic carbocycles. The molecule has 6 heteroatoms. The number of anilines is 1. The van der Waals surface area contributed by atoms with E-state index in [1.54, 1.807) is 7.11 Å². The third-order valence-corrected chi connectivity index (χ3v) is 7.07. The standard InChI is InChI=1S/C29H32N4O2/c1-21-12-13-33-27(20-30-28(33)18-21)26(25-7-5-4-6-22(25)2)19-29(34)32-16-14-31(15-17-32)23-8-10-24(35-3)11-9-23/h4-13,18,20,26H,14-17,19H2,1-3H3. The zero-order chi connectivity index (χ0) is 24.4. The number of imidazole rings is 1. The van der Waals surface area contributed by atoms with Crippen LogP contribution >= 0.6 is 0 Å². The fourth-order valence-electron chi connectivity index (χ4n) is 5.02. The Morgan fingerprint density at radius 3 is 2.46 bits per heavy atom. The molecule has 1 aliphatic rings. The SMILES string of the molecule is COc1ccc(N2CCN(C(=O)CC(c3ccccc3C)c3cnc4cc(C)ccn34)CC2)cc1. The van der Waals surface area contributed by atoms with E-state index in [4.69, 9.17) is 4.74 Å². The van der Waals surface area contributed by atoms with Crippen LogP contribution in [0.5, 0.6) is 5.75 Å². The summed E-state index contributed by atoms with van der Waals surface area (Å²) in [6.07, 6.45) is 4.42. The van der Waals surface area contributed by atoms with Gasteiger partial charge in [0.25, 0.3) is 0 Å². The van der Waals surface area contributed by atoms with Crippen molar-refractivity contribution in [1.29, 1.82) is 0 Å². The van der Waals surface area contributed by atoms with Crippen LogP contribution in [0.2, 0.25) is 0 Å². The van der Waals surface area contributed by atoms with Crippen molar-refractivity contribution in [2.24, 2.45) is 0 Å². The van der Waals surface area contributed by atoms with Gasteiger partial charge in [0.05, 0.1) is 12.8 Å². The summed E-state index contributed by atoms with van der Waals surface area (Å²) < 4.78 is 7.40. The maximum atomic E-state index is 13.6. The molecule has 1 aliphatic heterocycles. The molecule has 0 spiro atoms. The second-order valence-electron chi connectivity index (χ2n) is 9.29. The highest BCUT2D eigenvalue weighted by molar-refractivity contribution is 5.78. The Hall–Kier alpha value is -3.80. The van der Waals surface area contributed by atoms with Crippen LogP contribution in [0.25, 0.3) is 5.65 Å². The minimum absolute atomic E-state index is 0.0546. The number of nitrogens with zero attached hydrogens (tertiary/aromatic N) is 4. The number of pyridine rings is 1. The number of carbonyl (C=O) groups excluding carboxylic acids is 1. The van der Waals surface area contributed by atoms with E-state index in [9.17, 15) is 4.79 Å². The van der Waals surface area contributed by atoms with Crippen LogP contribution in [0.15, 0.2) is 73.1 Å². The molecule has 1 unspecified atom stereocenters. The summed E-state index contributed by atoms with van der Waals surface area (Å²) in [6, 6.07) is 20.7. The summed E-state index contributed by atoms with van der Waals surface area (Å²) in [7, 11) is 1.68. The molecule has 5 rings (SSSR count). The van der Waals surface area contributed by atoms with Crippen LogP contribution in [0.1, 0.15) is 34.7 Å². The Morgan fingerprint density at radius 1 is 1.00 bits per heavy atom. The second-order valence-corrected chi connectivity index (χ2v) is 9.29. The second kappa shape index (κ2) is 9.82. The zero-order valence-corrected chi connectivity index (χ0v) is 20.6. The Balaban J connectivity index is 1.35. The number of methoxy groups -OCH3 is 1.